The van der Waals surface area contributed by atoms with E-state index in [1.165, 1.54) is 19.1 Å². The minimum Gasteiger partial charge on any atom is -0.465 e. The molecule has 1 unspecified atom stereocenters. The molecular weight excluding hydrogens is 564 g/mol. The van der Waals surface area contributed by atoms with Gasteiger partial charge in [0.1, 0.15) is 23.7 Å². The lowest BCUT2D eigenvalue weighted by Gasteiger charge is -2.29. The Balaban J connectivity index is 1.68. The fourth-order valence-electron chi connectivity index (χ4n) is 4.12. The molecule has 3 aromatic rings. The van der Waals surface area contributed by atoms with E-state index in [1.54, 1.807) is 43.3 Å². The third-order valence-electron chi connectivity index (χ3n) is 6.09. The van der Waals surface area contributed by atoms with E-state index in [4.69, 9.17) is 24.3 Å². The molecule has 0 amide bonds. The Kier molecular flexibility index (Phi) is 8.92. The summed E-state index contributed by atoms with van der Waals surface area (Å²) >= 11 is 0. The number of nitrogens with zero attached hydrogens (tertiary/aromatic N) is 5. The van der Waals surface area contributed by atoms with Crippen LogP contribution in [0.5, 0.6) is 5.75 Å². The largest absolute Gasteiger partial charge is 0.465 e. The van der Waals surface area contributed by atoms with E-state index in [1.807, 2.05) is 0 Å². The van der Waals surface area contributed by atoms with E-state index >= 15 is 4.39 Å². The molecule has 0 saturated carbocycles. The second-order valence-electron chi connectivity index (χ2n) is 8.92. The van der Waals surface area contributed by atoms with Crippen LogP contribution in [0.15, 0.2) is 64.6 Å². The van der Waals surface area contributed by atoms with Gasteiger partial charge >= 0.3 is 19.4 Å². The highest BCUT2D eigenvalue weighted by atomic mass is 31.2. The molecule has 15 nitrogen and oxygen atoms in total. The van der Waals surface area contributed by atoms with Crippen molar-refractivity contribution in [3.8, 4) is 5.75 Å². The smallest absolute Gasteiger partial charge is 0.459 e. The van der Waals surface area contributed by atoms with Gasteiger partial charge in [0.15, 0.2) is 12.4 Å². The molecule has 0 spiro atoms. The second kappa shape index (κ2) is 12.2. The van der Waals surface area contributed by atoms with E-state index < -0.39 is 56.3 Å². The fraction of sp³-hybridized carbons (Fsp3) is 0.375. The molecule has 1 aromatic heterocycles. The van der Waals surface area contributed by atoms with Crippen molar-refractivity contribution in [1.82, 2.24) is 14.6 Å². The summed E-state index contributed by atoms with van der Waals surface area (Å²) in [6.07, 6.45) is -5.13. The first-order valence-corrected chi connectivity index (χ1v) is 13.8. The summed E-state index contributed by atoms with van der Waals surface area (Å²) in [6.45, 7) is 1.89. The molecule has 1 aliphatic heterocycles. The third kappa shape index (κ3) is 6.33. The average molecular weight is 591 g/mol. The standard InChI is InChI=1S/C24H27FN7O8P/c1-3-37-22(34)14(2)29-41(36,40-17-10-6-8-15-7-4-5-9-16(15)17)38-13-24(30-31-27)20(25)19(33)21(39-24)32-12-11-18(26)28-23(32)35/h4-12,14,19-21,33H,3,13H2,1-2H3,(H,29,36)(H2,26,28,35)/t14-,19+,20-,21+,24+,41?/m0/s1. The van der Waals surface area contributed by atoms with Crippen molar-refractivity contribution in [2.75, 3.05) is 18.9 Å². The van der Waals surface area contributed by atoms with Crippen molar-refractivity contribution in [2.45, 2.75) is 44.1 Å². The number of ether oxygens (including phenoxy) is 2. The number of fused-ring (bicyclic) bond motifs is 1. The number of nitrogens with one attached hydrogen (secondary N) is 1. The fourth-order valence-corrected chi connectivity index (χ4v) is 5.66. The molecule has 41 heavy (non-hydrogen) atoms. The van der Waals surface area contributed by atoms with Crippen molar-refractivity contribution >= 4 is 30.3 Å². The van der Waals surface area contributed by atoms with E-state index in [-0.39, 0.29) is 18.2 Å². The van der Waals surface area contributed by atoms with Crippen molar-refractivity contribution in [3.05, 3.63) is 75.7 Å². The second-order valence-corrected chi connectivity index (χ2v) is 10.6. The summed E-state index contributed by atoms with van der Waals surface area (Å²) in [6, 6.07) is 11.9. The molecule has 1 saturated heterocycles. The van der Waals surface area contributed by atoms with Gasteiger partial charge in [-0.2, -0.15) is 10.1 Å². The summed E-state index contributed by atoms with van der Waals surface area (Å²) < 4.78 is 52.2. The van der Waals surface area contributed by atoms with Gasteiger partial charge in [-0.25, -0.2) is 13.8 Å². The minimum atomic E-state index is -4.61. The van der Waals surface area contributed by atoms with Crippen LogP contribution in [0.25, 0.3) is 21.2 Å². The number of aliphatic hydroxyl groups is 1. The van der Waals surface area contributed by atoms with E-state index in [0.717, 1.165) is 16.2 Å². The number of aliphatic hydroxyl groups excluding tert-OH is 1. The van der Waals surface area contributed by atoms with Crippen LogP contribution >= 0.6 is 7.75 Å². The number of carbonyl (C=O) groups is 1. The lowest BCUT2D eigenvalue weighted by molar-refractivity contribution is -0.144. The monoisotopic (exact) mass is 591 g/mol. The van der Waals surface area contributed by atoms with Gasteiger partial charge in [0.2, 0.25) is 5.72 Å². The molecule has 0 bridgehead atoms. The summed E-state index contributed by atoms with van der Waals surface area (Å²) in [5, 5.41) is 17.7. The summed E-state index contributed by atoms with van der Waals surface area (Å²) in [7, 11) is -4.61. The van der Waals surface area contributed by atoms with Crippen molar-refractivity contribution in [1.29, 1.82) is 0 Å². The van der Waals surface area contributed by atoms with Crippen molar-refractivity contribution in [2.24, 2.45) is 5.11 Å². The van der Waals surface area contributed by atoms with E-state index in [0.29, 0.717) is 5.39 Å². The molecule has 1 aliphatic rings. The zero-order valence-corrected chi connectivity index (χ0v) is 22.8. The molecular formula is C24H27FN7O8P. The van der Waals surface area contributed by atoms with Crippen molar-refractivity contribution in [3.63, 3.8) is 0 Å². The Labute approximate surface area is 232 Å². The van der Waals surface area contributed by atoms with Gasteiger partial charge in [-0.15, -0.1) is 0 Å². The van der Waals surface area contributed by atoms with Gasteiger partial charge in [0.05, 0.1) is 13.2 Å². The Morgan fingerprint density at radius 3 is 2.80 bits per heavy atom. The van der Waals surface area contributed by atoms with Crippen LogP contribution in [0.3, 0.4) is 0 Å². The summed E-state index contributed by atoms with van der Waals surface area (Å²) in [5.74, 6) is -0.823. The number of halogens is 1. The van der Waals surface area contributed by atoms with Crippen LogP contribution in [0.4, 0.5) is 10.2 Å². The highest BCUT2D eigenvalue weighted by Gasteiger charge is 2.58. The maximum Gasteiger partial charge on any atom is 0.459 e. The van der Waals surface area contributed by atoms with Gasteiger partial charge in [-0.1, -0.05) is 41.5 Å². The number of hydrogen-bond acceptors (Lipinski definition) is 11. The average Bonchev–Trinajstić information content (AvgIpc) is 3.18. The Bertz CT molecular complexity index is 1580. The Morgan fingerprint density at radius 1 is 1.37 bits per heavy atom. The molecule has 0 radical (unpaired) electrons. The number of hydrogen-bond donors (Lipinski definition) is 3. The van der Waals surface area contributed by atoms with Crippen LogP contribution in [0.1, 0.15) is 20.1 Å². The van der Waals surface area contributed by atoms with Gasteiger partial charge in [-0.3, -0.25) is 13.9 Å². The summed E-state index contributed by atoms with van der Waals surface area (Å²) in [4.78, 5) is 30.7. The molecule has 218 valence electrons. The number of nitrogens with two attached hydrogens (primary N) is 1. The minimum absolute atomic E-state index is 0.0379. The SMILES string of the molecule is CCOC(=O)[C@H](C)NP(=O)(OC[C@@]1(N=[N+]=[N-])O[C@@H](n2ccc(N)nc2=O)[C@H](O)[C@@H]1F)Oc1cccc2ccccc12. The molecule has 17 heteroatoms. The predicted molar refractivity (Wildman–Crippen MR) is 143 cm³/mol. The molecule has 6 atom stereocenters. The van der Waals surface area contributed by atoms with Crippen LogP contribution in [0, 0.1) is 0 Å². The number of azide groups is 1. The quantitative estimate of drug-likeness (QED) is 0.0969. The van der Waals surface area contributed by atoms with Gasteiger partial charge < -0.3 is 24.8 Å². The first-order chi connectivity index (χ1) is 19.5. The van der Waals surface area contributed by atoms with Crippen LogP contribution in [0.2, 0.25) is 0 Å². The Hall–Kier alpha value is -4.04. The number of rotatable bonds is 11. The van der Waals surface area contributed by atoms with E-state index in [2.05, 4.69) is 20.1 Å². The Morgan fingerprint density at radius 2 is 2.10 bits per heavy atom. The highest BCUT2D eigenvalue weighted by Crippen LogP contribution is 2.49. The number of carbonyl (C=O) groups excluding carboxylic acids is 1. The number of alkyl halides is 1. The molecule has 0 aliphatic carbocycles. The van der Waals surface area contributed by atoms with Crippen molar-refractivity contribution < 1.29 is 37.4 Å². The number of benzene rings is 2. The van der Waals surface area contributed by atoms with Gasteiger partial charge in [0, 0.05) is 16.5 Å². The summed E-state index contributed by atoms with van der Waals surface area (Å²) in [5.41, 5.74) is 11.1. The normalized spacial score (nSPS) is 24.2. The lowest BCUT2D eigenvalue weighted by Crippen LogP contribution is -2.43. The van der Waals surface area contributed by atoms with Gasteiger partial charge in [0.25, 0.3) is 0 Å². The molecule has 2 heterocycles. The highest BCUT2D eigenvalue weighted by molar-refractivity contribution is 7.52. The van der Waals surface area contributed by atoms with Gasteiger partial charge in [-0.05, 0) is 36.9 Å². The maximum atomic E-state index is 15.6. The van der Waals surface area contributed by atoms with Crippen LogP contribution in [-0.2, 0) is 23.4 Å². The number of anilines is 1. The molecule has 2 aromatic carbocycles. The predicted octanol–water partition coefficient (Wildman–Crippen LogP) is 2.96. The molecule has 1 fully saturated rings. The van der Waals surface area contributed by atoms with E-state index in [9.17, 15) is 24.8 Å². The third-order valence-corrected chi connectivity index (χ3v) is 7.70. The number of nitrogen functional groups attached to an aromatic ring is 1. The maximum absolute atomic E-state index is 15.6. The number of esters is 1. The molecule has 4 N–H and O–H groups in total. The lowest BCUT2D eigenvalue weighted by atomic mass is 10.1. The zero-order valence-electron chi connectivity index (χ0n) is 21.9. The first-order valence-electron chi connectivity index (χ1n) is 12.3. The topological polar surface area (TPSA) is 213 Å². The number of aromatic nitrogens is 2. The zero-order chi connectivity index (χ0) is 29.8. The van der Waals surface area contributed by atoms with Crippen LogP contribution in [-0.4, -0.2) is 57.9 Å². The van der Waals surface area contributed by atoms with Crippen LogP contribution < -0.4 is 21.0 Å². The first kappa shape index (κ1) is 29.9. The molecule has 4 rings (SSSR count).